The Labute approximate surface area is 167 Å². The summed E-state index contributed by atoms with van der Waals surface area (Å²) in [5, 5.41) is 21.6. The zero-order valence-electron chi connectivity index (χ0n) is 16.7. The number of amides is 1. The molecule has 0 spiro atoms. The van der Waals surface area contributed by atoms with Crippen LogP contribution < -0.4 is 17.2 Å². The fourth-order valence-electron chi connectivity index (χ4n) is 3.16. The number of guanidine groups is 1. The topological polar surface area (TPSA) is 217 Å². The lowest BCUT2D eigenvalue weighted by molar-refractivity contribution is -0.582. The van der Waals surface area contributed by atoms with Crippen LogP contribution in [0.5, 0.6) is 0 Å². The number of aliphatic imine (C=N–C) groups is 1. The van der Waals surface area contributed by atoms with Gasteiger partial charge in [-0.25, -0.2) is 4.79 Å². The largest absolute Gasteiger partial charge is 0.474 e. The van der Waals surface area contributed by atoms with Crippen LogP contribution in [0.25, 0.3) is 0 Å². The van der Waals surface area contributed by atoms with Crippen molar-refractivity contribution in [3.63, 3.8) is 0 Å². The summed E-state index contributed by atoms with van der Waals surface area (Å²) in [6, 6.07) is -1.22. The summed E-state index contributed by atoms with van der Waals surface area (Å²) in [5.41, 5.74) is 12.2. The molecule has 0 bridgehead atoms. The number of esters is 1. The summed E-state index contributed by atoms with van der Waals surface area (Å²) >= 11 is 0. The standard InChI is InChI=1S/C16H28N6O7/c1-15(2,3)29-12(24)9-6-8-21(16(9,13(25)26)22(27)28)11(23)10(17)5-4-7-20-14(18)19/h9-10H,4-8,17H2,1-3H3,(H,25,26)(H4,18,19,20)/t9?,10-,16+/m0/s1. The molecule has 3 atom stereocenters. The normalized spacial score (nSPS) is 22.6. The minimum absolute atomic E-state index is 0.0661. The van der Waals surface area contributed by atoms with E-state index in [4.69, 9.17) is 21.9 Å². The Morgan fingerprint density at radius 2 is 1.97 bits per heavy atom. The van der Waals surface area contributed by atoms with Gasteiger partial charge in [0.1, 0.15) is 5.60 Å². The third kappa shape index (κ3) is 5.31. The fourth-order valence-corrected chi connectivity index (χ4v) is 3.16. The van der Waals surface area contributed by atoms with Crippen LogP contribution in [0.15, 0.2) is 4.99 Å². The molecule has 13 nitrogen and oxygen atoms in total. The highest BCUT2D eigenvalue weighted by molar-refractivity contribution is 5.93. The molecular formula is C16H28N6O7. The van der Waals surface area contributed by atoms with Crippen molar-refractivity contribution in [2.75, 3.05) is 13.1 Å². The molecule has 0 radical (unpaired) electrons. The maximum Gasteiger partial charge on any atom is 0.408 e. The molecule has 1 unspecified atom stereocenters. The zero-order valence-corrected chi connectivity index (χ0v) is 16.7. The van der Waals surface area contributed by atoms with Crippen molar-refractivity contribution in [1.29, 1.82) is 0 Å². The molecule has 1 aliphatic heterocycles. The highest BCUT2D eigenvalue weighted by atomic mass is 16.6. The highest BCUT2D eigenvalue weighted by Crippen LogP contribution is 2.38. The molecule has 1 heterocycles. The lowest BCUT2D eigenvalue weighted by Crippen LogP contribution is -2.65. The van der Waals surface area contributed by atoms with Crippen LogP contribution in [0.4, 0.5) is 0 Å². The predicted octanol–water partition coefficient (Wildman–Crippen LogP) is -1.38. The summed E-state index contributed by atoms with van der Waals surface area (Å²) in [6.07, 6.45) is 0.123. The van der Waals surface area contributed by atoms with Gasteiger partial charge in [-0.1, -0.05) is 0 Å². The molecule has 1 fully saturated rings. The Balaban J connectivity index is 3.14. The van der Waals surface area contributed by atoms with E-state index in [2.05, 4.69) is 4.99 Å². The maximum atomic E-state index is 12.7. The Bertz CT molecular complexity index is 684. The summed E-state index contributed by atoms with van der Waals surface area (Å²) in [4.78, 5) is 52.2. The van der Waals surface area contributed by atoms with E-state index in [0.717, 1.165) is 0 Å². The van der Waals surface area contributed by atoms with E-state index in [1.54, 1.807) is 20.8 Å². The quantitative estimate of drug-likeness (QED) is 0.0906. The van der Waals surface area contributed by atoms with Gasteiger partial charge in [-0.2, -0.15) is 0 Å². The number of carbonyl (C=O) groups is 3. The van der Waals surface area contributed by atoms with Crippen LogP contribution in [0, 0.1) is 16.0 Å². The minimum Gasteiger partial charge on any atom is -0.474 e. The minimum atomic E-state index is -2.99. The number of likely N-dealkylation sites (tertiary alicyclic amines) is 1. The van der Waals surface area contributed by atoms with Gasteiger partial charge in [0.15, 0.2) is 11.9 Å². The van der Waals surface area contributed by atoms with Gasteiger partial charge in [0.05, 0.1) is 11.0 Å². The number of nitrogens with zero attached hydrogens (tertiary/aromatic N) is 3. The van der Waals surface area contributed by atoms with Gasteiger partial charge in [0.25, 0.3) is 0 Å². The molecule has 0 aliphatic carbocycles. The third-order valence-electron chi connectivity index (χ3n) is 4.37. The Kier molecular flexibility index (Phi) is 7.49. The van der Waals surface area contributed by atoms with Gasteiger partial charge in [-0.05, 0) is 40.0 Å². The Morgan fingerprint density at radius 1 is 1.38 bits per heavy atom. The Morgan fingerprint density at radius 3 is 2.41 bits per heavy atom. The van der Waals surface area contributed by atoms with E-state index in [1.165, 1.54) is 0 Å². The number of nitro groups is 1. The van der Waals surface area contributed by atoms with Gasteiger partial charge >= 0.3 is 17.6 Å². The number of nitrogens with two attached hydrogens (primary N) is 3. The third-order valence-corrected chi connectivity index (χ3v) is 4.37. The summed E-state index contributed by atoms with van der Waals surface area (Å²) in [5.74, 6) is -5.75. The van der Waals surface area contributed by atoms with Crippen molar-refractivity contribution in [3.05, 3.63) is 10.1 Å². The zero-order chi connectivity index (χ0) is 22.6. The molecule has 1 amide bonds. The fraction of sp³-hybridized carbons (Fsp3) is 0.750. The molecule has 7 N–H and O–H groups in total. The first kappa shape index (κ1) is 24.1. The molecule has 0 saturated carbocycles. The molecule has 0 aromatic rings. The van der Waals surface area contributed by atoms with Gasteiger partial charge in [0.2, 0.25) is 5.91 Å². The highest BCUT2D eigenvalue weighted by Gasteiger charge is 2.71. The smallest absolute Gasteiger partial charge is 0.408 e. The lowest BCUT2D eigenvalue weighted by Gasteiger charge is -2.32. The van der Waals surface area contributed by atoms with Crippen LogP contribution in [0.3, 0.4) is 0 Å². The van der Waals surface area contributed by atoms with Gasteiger partial charge in [-0.15, -0.1) is 0 Å². The van der Waals surface area contributed by atoms with Gasteiger partial charge < -0.3 is 27.0 Å². The van der Waals surface area contributed by atoms with Crippen LogP contribution in [0.2, 0.25) is 0 Å². The molecule has 164 valence electrons. The molecule has 13 heteroatoms. The van der Waals surface area contributed by atoms with Crippen LogP contribution in [0.1, 0.15) is 40.0 Å². The average molecular weight is 416 g/mol. The second-order valence-corrected chi connectivity index (χ2v) is 7.71. The predicted molar refractivity (Wildman–Crippen MR) is 101 cm³/mol. The van der Waals surface area contributed by atoms with Gasteiger partial charge in [-0.3, -0.25) is 29.6 Å². The average Bonchev–Trinajstić information content (AvgIpc) is 2.97. The van der Waals surface area contributed by atoms with E-state index in [9.17, 15) is 29.6 Å². The monoisotopic (exact) mass is 416 g/mol. The molecule has 1 saturated heterocycles. The van der Waals surface area contributed by atoms with Crippen LogP contribution in [-0.4, -0.2) is 69.1 Å². The number of ether oxygens (including phenoxy) is 1. The van der Waals surface area contributed by atoms with Crippen molar-refractivity contribution >= 4 is 23.8 Å². The van der Waals surface area contributed by atoms with E-state index in [1.807, 2.05) is 0 Å². The molecular weight excluding hydrogens is 388 g/mol. The van der Waals surface area contributed by atoms with Gasteiger partial charge in [0, 0.05) is 13.1 Å². The number of carboxylic acids is 1. The number of carbonyl (C=O) groups excluding carboxylic acids is 2. The Hall–Kier alpha value is -2.96. The van der Waals surface area contributed by atoms with E-state index in [-0.39, 0.29) is 31.9 Å². The van der Waals surface area contributed by atoms with E-state index >= 15 is 0 Å². The molecule has 1 aliphatic rings. The van der Waals surface area contributed by atoms with Crippen molar-refractivity contribution in [2.24, 2.45) is 28.1 Å². The number of hydrogen-bond acceptors (Lipinski definition) is 8. The molecule has 0 aromatic carbocycles. The number of rotatable bonds is 8. The second kappa shape index (κ2) is 9.03. The molecule has 29 heavy (non-hydrogen) atoms. The van der Waals surface area contributed by atoms with Crippen molar-refractivity contribution in [1.82, 2.24) is 4.90 Å². The van der Waals surface area contributed by atoms with Crippen LogP contribution >= 0.6 is 0 Å². The summed E-state index contributed by atoms with van der Waals surface area (Å²) in [6.45, 7) is 4.50. The first-order valence-corrected chi connectivity index (χ1v) is 8.98. The maximum absolute atomic E-state index is 12.7. The first-order chi connectivity index (χ1) is 13.2. The number of carboxylic acid groups (broad SMARTS) is 1. The lowest BCUT2D eigenvalue weighted by atomic mass is 9.92. The van der Waals surface area contributed by atoms with Crippen molar-refractivity contribution in [3.8, 4) is 0 Å². The number of hydrogen-bond donors (Lipinski definition) is 4. The number of aliphatic carboxylic acids is 1. The molecule has 1 rings (SSSR count). The summed E-state index contributed by atoms with van der Waals surface area (Å²) in [7, 11) is 0. The second-order valence-electron chi connectivity index (χ2n) is 7.71. The van der Waals surface area contributed by atoms with E-state index < -0.39 is 46.0 Å². The first-order valence-electron chi connectivity index (χ1n) is 8.98. The SMILES string of the molecule is CC(C)(C)OC(=O)C1CCN(C(=O)[C@@H](N)CCCN=C(N)N)[C@@]1(C(=O)O)[N+](=O)[O-]. The van der Waals surface area contributed by atoms with E-state index in [0.29, 0.717) is 11.3 Å². The van der Waals surface area contributed by atoms with Crippen LogP contribution in [-0.2, 0) is 19.1 Å². The van der Waals surface area contributed by atoms with Crippen molar-refractivity contribution in [2.45, 2.75) is 57.3 Å². The molecule has 0 aromatic heterocycles. The van der Waals surface area contributed by atoms with Crippen molar-refractivity contribution < 1.29 is 29.2 Å². The summed E-state index contributed by atoms with van der Waals surface area (Å²) < 4.78 is 5.15.